The zero-order valence-electron chi connectivity index (χ0n) is 14.3. The van der Waals surface area contributed by atoms with Gasteiger partial charge >= 0.3 is 0 Å². The van der Waals surface area contributed by atoms with Crippen molar-refractivity contribution in [3.8, 4) is 0 Å². The summed E-state index contributed by atoms with van der Waals surface area (Å²) in [5, 5.41) is 19.1. The first-order valence-corrected chi connectivity index (χ1v) is 9.50. The molecule has 1 aromatic rings. The van der Waals surface area contributed by atoms with Crippen molar-refractivity contribution in [3.05, 3.63) is 22.4 Å². The average molecular weight is 339 g/mol. The van der Waals surface area contributed by atoms with Crippen molar-refractivity contribution in [2.75, 3.05) is 39.3 Å². The average Bonchev–Trinajstić information content (AvgIpc) is 3.22. The lowest BCUT2D eigenvalue weighted by molar-refractivity contribution is 0.0711. The van der Waals surface area contributed by atoms with Crippen molar-refractivity contribution in [1.82, 2.24) is 15.5 Å². The summed E-state index contributed by atoms with van der Waals surface area (Å²) in [6, 6.07) is 3.91. The second kappa shape index (κ2) is 9.25. The van der Waals surface area contributed by atoms with Crippen LogP contribution in [0, 0.1) is 0 Å². The van der Waals surface area contributed by atoms with Gasteiger partial charge in [-0.15, -0.1) is 11.3 Å². The van der Waals surface area contributed by atoms with Gasteiger partial charge in [0.15, 0.2) is 5.96 Å². The van der Waals surface area contributed by atoms with E-state index in [0.29, 0.717) is 6.54 Å². The molecule has 23 heavy (non-hydrogen) atoms. The van der Waals surface area contributed by atoms with Crippen LogP contribution in [-0.2, 0) is 5.60 Å². The van der Waals surface area contributed by atoms with Crippen molar-refractivity contribution >= 4 is 17.3 Å². The predicted octanol–water partition coefficient (Wildman–Crippen LogP) is 2.00. The quantitative estimate of drug-likeness (QED) is 0.385. The molecule has 0 saturated carbocycles. The fourth-order valence-corrected chi connectivity index (χ4v) is 3.53. The van der Waals surface area contributed by atoms with Gasteiger partial charge in [-0.3, -0.25) is 0 Å². The molecule has 0 radical (unpaired) electrons. The molecule has 3 N–H and O–H groups in total. The fourth-order valence-electron chi connectivity index (χ4n) is 2.75. The number of nitrogens with one attached hydrogen (secondary N) is 2. The summed E-state index contributed by atoms with van der Waals surface area (Å²) in [5.41, 5.74) is -0.911. The van der Waals surface area contributed by atoms with Crippen LogP contribution in [0.1, 0.15) is 38.0 Å². The number of thiophene rings is 1. The van der Waals surface area contributed by atoms with Crippen molar-refractivity contribution in [3.63, 3.8) is 0 Å². The topological polar surface area (TPSA) is 59.9 Å². The van der Waals surface area contributed by atoms with Gasteiger partial charge in [0.1, 0.15) is 5.60 Å². The number of guanidine groups is 1. The normalized spacial score (nSPS) is 18.8. The molecule has 2 heterocycles. The van der Waals surface area contributed by atoms with Crippen LogP contribution < -0.4 is 10.6 Å². The van der Waals surface area contributed by atoms with Crippen LogP contribution in [0.2, 0.25) is 0 Å². The van der Waals surface area contributed by atoms with Gasteiger partial charge in [-0.05, 0) is 64.2 Å². The Morgan fingerprint density at radius 2 is 2.17 bits per heavy atom. The van der Waals surface area contributed by atoms with Crippen LogP contribution in [0.3, 0.4) is 0 Å². The summed E-state index contributed by atoms with van der Waals surface area (Å²) in [5.74, 6) is 0.783. The van der Waals surface area contributed by atoms with E-state index in [0.717, 1.165) is 36.9 Å². The molecule has 1 aliphatic rings. The number of nitrogens with zero attached hydrogens (tertiary/aromatic N) is 2. The van der Waals surface area contributed by atoms with E-state index < -0.39 is 5.60 Å². The van der Waals surface area contributed by atoms with Gasteiger partial charge in [0.05, 0.1) is 6.54 Å². The molecular weight excluding hydrogens is 308 g/mol. The lowest BCUT2D eigenvalue weighted by Crippen LogP contribution is -2.40. The molecule has 1 aliphatic heterocycles. The Labute approximate surface area is 143 Å². The largest absolute Gasteiger partial charge is 0.383 e. The van der Waals surface area contributed by atoms with Crippen molar-refractivity contribution in [2.24, 2.45) is 4.99 Å². The van der Waals surface area contributed by atoms with Crippen molar-refractivity contribution < 1.29 is 5.11 Å². The first kappa shape index (κ1) is 18.2. The van der Waals surface area contributed by atoms with Crippen LogP contribution in [0.5, 0.6) is 0 Å². The third kappa shape index (κ3) is 6.12. The highest BCUT2D eigenvalue weighted by Crippen LogP contribution is 2.25. The predicted molar refractivity (Wildman–Crippen MR) is 98.2 cm³/mol. The summed E-state index contributed by atoms with van der Waals surface area (Å²) in [4.78, 5) is 8.02. The first-order chi connectivity index (χ1) is 11.1. The minimum atomic E-state index is -0.911. The smallest absolute Gasteiger partial charge is 0.191 e. The zero-order chi connectivity index (χ0) is 16.5. The van der Waals surface area contributed by atoms with Crippen LogP contribution in [0.15, 0.2) is 22.5 Å². The molecule has 1 atom stereocenters. The third-order valence-corrected chi connectivity index (χ3v) is 5.21. The number of hydrogen-bond acceptors (Lipinski definition) is 4. The van der Waals surface area contributed by atoms with E-state index in [-0.39, 0.29) is 0 Å². The molecule has 1 saturated heterocycles. The number of hydrogen-bond donors (Lipinski definition) is 3. The van der Waals surface area contributed by atoms with Gasteiger partial charge in [0, 0.05) is 18.0 Å². The van der Waals surface area contributed by atoms with Crippen LogP contribution in [0.4, 0.5) is 0 Å². The van der Waals surface area contributed by atoms with Gasteiger partial charge in [-0.25, -0.2) is 4.99 Å². The van der Waals surface area contributed by atoms with Gasteiger partial charge in [0.2, 0.25) is 0 Å². The Balaban J connectivity index is 1.77. The fraction of sp³-hybridized carbons (Fsp3) is 0.706. The summed E-state index contributed by atoms with van der Waals surface area (Å²) in [6.45, 7) is 9.60. The second-order valence-electron chi connectivity index (χ2n) is 6.28. The van der Waals surface area contributed by atoms with Crippen molar-refractivity contribution in [1.29, 1.82) is 0 Å². The molecule has 0 spiro atoms. The molecule has 6 heteroatoms. The van der Waals surface area contributed by atoms with Crippen LogP contribution >= 0.6 is 11.3 Å². The molecule has 1 unspecified atom stereocenters. The highest BCUT2D eigenvalue weighted by molar-refractivity contribution is 7.10. The molecular formula is C17H30N4OS. The molecule has 0 amide bonds. The molecule has 1 fully saturated rings. The second-order valence-corrected chi connectivity index (χ2v) is 7.22. The molecule has 2 rings (SSSR count). The monoisotopic (exact) mass is 338 g/mol. The van der Waals surface area contributed by atoms with E-state index in [9.17, 15) is 5.11 Å². The van der Waals surface area contributed by atoms with Gasteiger partial charge < -0.3 is 20.6 Å². The molecule has 1 aromatic heterocycles. The Kier molecular flexibility index (Phi) is 7.33. The van der Waals surface area contributed by atoms with Crippen molar-refractivity contribution in [2.45, 2.75) is 38.7 Å². The van der Waals surface area contributed by atoms with Gasteiger partial charge in [0.25, 0.3) is 0 Å². The summed E-state index contributed by atoms with van der Waals surface area (Å²) in [6.07, 6.45) is 3.80. The standard InChI is InChI=1S/C17H30N4OS/c1-3-18-16(19-9-7-12-21-10-4-5-11-21)20-14-17(2,22)15-8-6-13-23-15/h6,8,13,22H,3-5,7,9-12,14H2,1-2H3,(H2,18,19,20). The van der Waals surface area contributed by atoms with Gasteiger partial charge in [-0.2, -0.15) is 0 Å². The maximum atomic E-state index is 10.5. The molecule has 130 valence electrons. The lowest BCUT2D eigenvalue weighted by Gasteiger charge is -2.21. The molecule has 0 aromatic carbocycles. The number of aliphatic imine (C=N–C) groups is 1. The van der Waals surface area contributed by atoms with E-state index in [1.54, 1.807) is 11.3 Å². The number of rotatable bonds is 8. The van der Waals surface area contributed by atoms with E-state index >= 15 is 0 Å². The Hall–Kier alpha value is -1.11. The SMILES string of the molecule is CCNC(=NCC(C)(O)c1cccs1)NCCCN1CCCC1. The highest BCUT2D eigenvalue weighted by atomic mass is 32.1. The number of likely N-dealkylation sites (tertiary alicyclic amines) is 1. The van der Waals surface area contributed by atoms with Crippen LogP contribution in [0.25, 0.3) is 0 Å². The molecule has 5 nitrogen and oxygen atoms in total. The van der Waals surface area contributed by atoms with E-state index in [2.05, 4.69) is 27.4 Å². The maximum Gasteiger partial charge on any atom is 0.191 e. The summed E-state index contributed by atoms with van der Waals surface area (Å²) >= 11 is 1.56. The van der Waals surface area contributed by atoms with Gasteiger partial charge in [-0.1, -0.05) is 6.07 Å². The Morgan fingerprint density at radius 1 is 1.39 bits per heavy atom. The minimum absolute atomic E-state index is 0.356. The number of aliphatic hydroxyl groups is 1. The van der Waals surface area contributed by atoms with E-state index in [1.807, 2.05) is 24.4 Å². The molecule has 0 bridgehead atoms. The van der Waals surface area contributed by atoms with E-state index in [1.165, 1.54) is 25.9 Å². The highest BCUT2D eigenvalue weighted by Gasteiger charge is 2.23. The minimum Gasteiger partial charge on any atom is -0.383 e. The van der Waals surface area contributed by atoms with Crippen LogP contribution in [-0.4, -0.2) is 55.2 Å². The molecule has 0 aliphatic carbocycles. The Morgan fingerprint density at radius 3 is 2.83 bits per heavy atom. The third-order valence-electron chi connectivity index (χ3n) is 4.08. The summed E-state index contributed by atoms with van der Waals surface area (Å²) in [7, 11) is 0. The zero-order valence-corrected chi connectivity index (χ0v) is 15.2. The summed E-state index contributed by atoms with van der Waals surface area (Å²) < 4.78 is 0. The lowest BCUT2D eigenvalue weighted by atomic mass is 10.1. The first-order valence-electron chi connectivity index (χ1n) is 8.63. The Bertz CT molecular complexity index is 467. The maximum absolute atomic E-state index is 10.5. The van der Waals surface area contributed by atoms with E-state index in [4.69, 9.17) is 0 Å².